The summed E-state index contributed by atoms with van der Waals surface area (Å²) in [5, 5.41) is 5.25. The molecule has 0 aromatic heterocycles. The summed E-state index contributed by atoms with van der Waals surface area (Å²) in [6.45, 7) is 5.79. The average Bonchev–Trinajstić information content (AvgIpc) is 2.69. The van der Waals surface area contributed by atoms with Gasteiger partial charge in [0.05, 0.1) is 0 Å². The van der Waals surface area contributed by atoms with Crippen molar-refractivity contribution >= 4 is 63.3 Å². The van der Waals surface area contributed by atoms with Gasteiger partial charge in [0.15, 0.2) is 5.11 Å². The molecule has 0 aliphatic heterocycles. The largest absolute Gasteiger partial charge is 0.326 e. The van der Waals surface area contributed by atoms with E-state index in [1.807, 2.05) is 45.0 Å². The number of nitrogens with one attached hydrogen (secondary N) is 4. The highest BCUT2D eigenvalue weighted by molar-refractivity contribution is 14.1. The van der Waals surface area contributed by atoms with Crippen molar-refractivity contribution in [1.82, 2.24) is 16.2 Å². The first-order chi connectivity index (χ1) is 14.2. The molecule has 0 saturated heterocycles. The van der Waals surface area contributed by atoms with Crippen LogP contribution in [-0.2, 0) is 9.59 Å². The summed E-state index contributed by atoms with van der Waals surface area (Å²) in [6.07, 6.45) is -0.0156. The van der Waals surface area contributed by atoms with Crippen LogP contribution >= 0.6 is 34.8 Å². The van der Waals surface area contributed by atoms with Gasteiger partial charge in [0, 0.05) is 27.7 Å². The number of carbonyl (C=O) groups excluding carboxylic acids is 3. The summed E-state index contributed by atoms with van der Waals surface area (Å²) in [5.74, 6) is -1.07. The lowest BCUT2D eigenvalue weighted by molar-refractivity contribution is -0.124. The molecule has 0 fully saturated rings. The van der Waals surface area contributed by atoms with Crippen molar-refractivity contribution in [2.45, 2.75) is 33.6 Å². The first-order valence-electron chi connectivity index (χ1n) is 9.19. The highest BCUT2D eigenvalue weighted by Gasteiger charge is 2.11. The Morgan fingerprint density at radius 2 is 1.57 bits per heavy atom. The molecule has 0 unspecified atom stereocenters. The van der Waals surface area contributed by atoms with E-state index in [-0.39, 0.29) is 29.8 Å². The van der Waals surface area contributed by atoms with E-state index in [1.54, 1.807) is 12.1 Å². The van der Waals surface area contributed by atoms with Gasteiger partial charge in [0.25, 0.3) is 5.91 Å². The van der Waals surface area contributed by atoms with Gasteiger partial charge in [-0.05, 0) is 90.5 Å². The van der Waals surface area contributed by atoms with Gasteiger partial charge in [-0.15, -0.1) is 0 Å². The second kappa shape index (κ2) is 11.0. The van der Waals surface area contributed by atoms with E-state index in [4.69, 9.17) is 12.2 Å². The molecular weight excluding hydrogens is 515 g/mol. The topological polar surface area (TPSA) is 99.3 Å². The Bertz CT molecular complexity index is 994. The van der Waals surface area contributed by atoms with Crippen molar-refractivity contribution in [1.29, 1.82) is 0 Å². The van der Waals surface area contributed by atoms with Crippen molar-refractivity contribution in [3.05, 3.63) is 62.2 Å². The lowest BCUT2D eigenvalue weighted by atomic mass is 10.1. The number of aryl methyl sites for hydroxylation is 3. The van der Waals surface area contributed by atoms with Crippen molar-refractivity contribution in [2.24, 2.45) is 0 Å². The maximum atomic E-state index is 12.2. The van der Waals surface area contributed by atoms with Crippen LogP contribution in [0.15, 0.2) is 36.4 Å². The smallest absolute Gasteiger partial charge is 0.257 e. The second-order valence-corrected chi connectivity index (χ2v) is 8.36. The molecule has 0 bridgehead atoms. The van der Waals surface area contributed by atoms with Crippen molar-refractivity contribution in [3.63, 3.8) is 0 Å². The van der Waals surface area contributed by atoms with Crippen LogP contribution in [0.4, 0.5) is 5.69 Å². The summed E-state index contributed by atoms with van der Waals surface area (Å²) < 4.78 is 0.964. The quantitative estimate of drug-likeness (QED) is 0.266. The number of hydrogen-bond acceptors (Lipinski definition) is 4. The van der Waals surface area contributed by atoms with Crippen LogP contribution in [0.5, 0.6) is 0 Å². The Labute approximate surface area is 194 Å². The van der Waals surface area contributed by atoms with E-state index in [2.05, 4.69) is 44.1 Å². The molecule has 0 aliphatic rings. The van der Waals surface area contributed by atoms with Crippen LogP contribution in [0.1, 0.15) is 39.9 Å². The summed E-state index contributed by atoms with van der Waals surface area (Å²) >= 11 is 7.17. The van der Waals surface area contributed by atoms with E-state index in [1.165, 1.54) is 0 Å². The Hall–Kier alpha value is -2.53. The Morgan fingerprint density at radius 1 is 0.900 bits per heavy atom. The lowest BCUT2D eigenvalue weighted by Gasteiger charge is -2.12. The van der Waals surface area contributed by atoms with E-state index >= 15 is 0 Å². The number of thiocarbonyl (C=S) groups is 1. The van der Waals surface area contributed by atoms with Gasteiger partial charge >= 0.3 is 0 Å². The zero-order valence-corrected chi connectivity index (χ0v) is 19.9. The fourth-order valence-corrected chi connectivity index (χ4v) is 3.10. The van der Waals surface area contributed by atoms with E-state index in [0.29, 0.717) is 5.56 Å². The van der Waals surface area contributed by atoms with E-state index in [9.17, 15) is 14.4 Å². The minimum atomic E-state index is -0.424. The number of carbonyl (C=O) groups is 3. The minimum Gasteiger partial charge on any atom is -0.326 e. The molecule has 2 rings (SSSR count). The summed E-state index contributed by atoms with van der Waals surface area (Å²) in [7, 11) is 0. The molecule has 30 heavy (non-hydrogen) atoms. The summed E-state index contributed by atoms with van der Waals surface area (Å²) in [5.41, 5.74) is 9.09. The summed E-state index contributed by atoms with van der Waals surface area (Å²) in [4.78, 5) is 36.2. The highest BCUT2D eigenvalue weighted by atomic mass is 127. The number of benzene rings is 2. The molecule has 0 aliphatic carbocycles. The Kier molecular flexibility index (Phi) is 8.72. The molecule has 158 valence electrons. The fourth-order valence-electron chi connectivity index (χ4n) is 2.44. The number of anilines is 1. The third kappa shape index (κ3) is 7.38. The normalized spacial score (nSPS) is 10.1. The molecule has 0 spiro atoms. The van der Waals surface area contributed by atoms with Gasteiger partial charge in [-0.2, -0.15) is 0 Å². The Balaban J connectivity index is 1.73. The monoisotopic (exact) mass is 538 g/mol. The van der Waals surface area contributed by atoms with Gasteiger partial charge in [0.2, 0.25) is 11.8 Å². The Morgan fingerprint density at radius 3 is 2.27 bits per heavy atom. The van der Waals surface area contributed by atoms with Crippen molar-refractivity contribution in [3.8, 4) is 0 Å². The average molecular weight is 538 g/mol. The number of amides is 3. The predicted molar refractivity (Wildman–Crippen MR) is 129 cm³/mol. The first-order valence-corrected chi connectivity index (χ1v) is 10.7. The van der Waals surface area contributed by atoms with E-state index in [0.717, 1.165) is 25.9 Å². The summed E-state index contributed by atoms with van der Waals surface area (Å²) in [6, 6.07) is 11.1. The SMILES string of the molecule is Cc1ccc(C)c(NC(=O)CCC(=O)NNC(=S)NC(=O)c2ccc(C)c(I)c2)c1. The molecule has 0 heterocycles. The standard InChI is InChI=1S/C21H23IN4O3S/c1-12-4-5-14(3)17(10-12)23-18(27)8-9-19(28)25-26-21(30)24-20(29)15-7-6-13(2)16(22)11-15/h4-7,10-11H,8-9H2,1-3H3,(H,23,27)(H,25,28)(H2,24,26,29,30). The second-order valence-electron chi connectivity index (χ2n) is 6.79. The number of rotatable bonds is 5. The van der Waals surface area contributed by atoms with E-state index < -0.39 is 5.91 Å². The van der Waals surface area contributed by atoms with Crippen LogP contribution in [0.2, 0.25) is 0 Å². The van der Waals surface area contributed by atoms with Gasteiger partial charge in [-0.25, -0.2) is 0 Å². The highest BCUT2D eigenvalue weighted by Crippen LogP contribution is 2.16. The number of hydrazine groups is 1. The first kappa shape index (κ1) is 23.7. The molecule has 0 atom stereocenters. The molecule has 4 N–H and O–H groups in total. The molecule has 7 nitrogen and oxygen atoms in total. The van der Waals surface area contributed by atoms with Crippen LogP contribution in [0, 0.1) is 24.3 Å². The fraction of sp³-hybridized carbons (Fsp3) is 0.238. The third-order valence-electron chi connectivity index (χ3n) is 4.22. The third-order valence-corrected chi connectivity index (χ3v) is 5.59. The predicted octanol–water partition coefficient (Wildman–Crippen LogP) is 3.27. The van der Waals surface area contributed by atoms with Gasteiger partial charge < -0.3 is 5.32 Å². The maximum Gasteiger partial charge on any atom is 0.257 e. The van der Waals surface area contributed by atoms with Crippen LogP contribution in [0.25, 0.3) is 0 Å². The van der Waals surface area contributed by atoms with Gasteiger partial charge in [-0.1, -0.05) is 18.2 Å². The molecule has 0 saturated carbocycles. The van der Waals surface area contributed by atoms with Crippen molar-refractivity contribution < 1.29 is 14.4 Å². The van der Waals surface area contributed by atoms with Crippen LogP contribution in [-0.4, -0.2) is 22.8 Å². The number of hydrogen-bond donors (Lipinski definition) is 4. The lowest BCUT2D eigenvalue weighted by Crippen LogP contribution is -2.48. The van der Waals surface area contributed by atoms with Crippen LogP contribution in [0.3, 0.4) is 0 Å². The zero-order valence-electron chi connectivity index (χ0n) is 16.9. The molecule has 2 aromatic rings. The van der Waals surface area contributed by atoms with Crippen molar-refractivity contribution in [2.75, 3.05) is 5.32 Å². The van der Waals surface area contributed by atoms with Gasteiger partial charge in [0.1, 0.15) is 0 Å². The molecular formula is C21H23IN4O3S. The molecule has 9 heteroatoms. The maximum absolute atomic E-state index is 12.2. The molecule has 2 aromatic carbocycles. The molecule has 0 radical (unpaired) electrons. The van der Waals surface area contributed by atoms with Gasteiger partial charge in [-0.3, -0.25) is 30.6 Å². The number of halogens is 1. The molecule has 3 amide bonds. The van der Waals surface area contributed by atoms with Crippen LogP contribution < -0.4 is 21.5 Å². The minimum absolute atomic E-state index is 0.0157. The zero-order chi connectivity index (χ0) is 22.3.